The molecule has 0 spiro atoms. The summed E-state index contributed by atoms with van der Waals surface area (Å²) in [5, 5.41) is 4.78. The minimum absolute atomic E-state index is 0.346. The third-order valence-electron chi connectivity index (χ3n) is 4.10. The van der Waals surface area contributed by atoms with E-state index in [1.54, 1.807) is 32.0 Å². The Labute approximate surface area is 163 Å². The normalized spacial score (nSPS) is 14.4. The van der Waals surface area contributed by atoms with E-state index < -0.39 is 6.10 Å². The summed E-state index contributed by atoms with van der Waals surface area (Å²) in [7, 11) is 0. The third kappa shape index (κ3) is 4.71. The highest BCUT2D eigenvalue weighted by Crippen LogP contribution is 2.30. The molecular weight excluding hydrogens is 368 g/mol. The van der Waals surface area contributed by atoms with E-state index in [1.165, 1.54) is 0 Å². The molecule has 3 rings (SSSR count). The van der Waals surface area contributed by atoms with Gasteiger partial charge in [0.05, 0.1) is 5.71 Å². The van der Waals surface area contributed by atoms with Crippen molar-refractivity contribution in [1.29, 1.82) is 0 Å². The largest absolute Gasteiger partial charge is 0.486 e. The quantitative estimate of drug-likeness (QED) is 0.626. The highest BCUT2D eigenvalue weighted by Gasteiger charge is 2.16. The molecule has 0 radical (unpaired) electrons. The summed E-state index contributed by atoms with van der Waals surface area (Å²) in [5.41, 5.74) is 4.88. The molecule has 2 aromatic rings. The second-order valence-electron chi connectivity index (χ2n) is 6.20. The lowest BCUT2D eigenvalue weighted by atomic mass is 10.1. The summed E-state index contributed by atoms with van der Waals surface area (Å²) in [5.74, 6) is 1.65. The van der Waals surface area contributed by atoms with Crippen molar-refractivity contribution in [3.8, 4) is 17.2 Å². The summed E-state index contributed by atoms with van der Waals surface area (Å²) < 4.78 is 16.8. The number of hydrogen-bond acceptors (Lipinski definition) is 5. The number of rotatable bonds is 5. The van der Waals surface area contributed by atoms with Gasteiger partial charge in [-0.25, -0.2) is 5.43 Å². The van der Waals surface area contributed by atoms with Crippen molar-refractivity contribution in [1.82, 2.24) is 5.43 Å². The Morgan fingerprint density at radius 2 is 1.93 bits per heavy atom. The van der Waals surface area contributed by atoms with Gasteiger partial charge >= 0.3 is 0 Å². The van der Waals surface area contributed by atoms with Gasteiger partial charge in [-0.15, -0.1) is 0 Å². The Bertz CT molecular complexity index is 882. The monoisotopic (exact) mass is 388 g/mol. The second-order valence-corrected chi connectivity index (χ2v) is 6.64. The number of carbonyl (C=O) groups is 1. The van der Waals surface area contributed by atoms with Gasteiger partial charge in [0.15, 0.2) is 17.6 Å². The molecule has 7 heteroatoms. The van der Waals surface area contributed by atoms with Crippen LogP contribution in [0, 0.1) is 6.92 Å². The molecule has 1 heterocycles. The van der Waals surface area contributed by atoms with Crippen LogP contribution in [0.4, 0.5) is 0 Å². The molecule has 0 aromatic heterocycles. The average Bonchev–Trinajstić information content (AvgIpc) is 2.67. The zero-order valence-electron chi connectivity index (χ0n) is 15.4. The minimum Gasteiger partial charge on any atom is -0.486 e. The van der Waals surface area contributed by atoms with Crippen LogP contribution in [0.2, 0.25) is 5.02 Å². The molecule has 1 aliphatic heterocycles. The highest BCUT2D eigenvalue weighted by atomic mass is 35.5. The van der Waals surface area contributed by atoms with E-state index in [4.69, 9.17) is 25.8 Å². The molecule has 1 amide bonds. The first-order valence-electron chi connectivity index (χ1n) is 8.61. The number of carbonyl (C=O) groups excluding carboxylic acids is 1. The van der Waals surface area contributed by atoms with Gasteiger partial charge in [0.1, 0.15) is 19.0 Å². The molecule has 6 nitrogen and oxygen atoms in total. The van der Waals surface area contributed by atoms with Gasteiger partial charge in [0.25, 0.3) is 5.91 Å². The first-order valence-corrected chi connectivity index (χ1v) is 8.99. The molecule has 0 saturated heterocycles. The Kier molecular flexibility index (Phi) is 5.86. The van der Waals surface area contributed by atoms with E-state index in [1.807, 2.05) is 25.1 Å². The SMILES string of the molecule is CC(=NNC(=O)[C@@H](C)Oc1ccc(Cl)cc1C)c1ccc2c(c1)OCCO2. The van der Waals surface area contributed by atoms with Crippen molar-refractivity contribution >= 4 is 23.2 Å². The van der Waals surface area contributed by atoms with E-state index >= 15 is 0 Å². The van der Waals surface area contributed by atoms with Gasteiger partial charge in [0.2, 0.25) is 0 Å². The summed E-state index contributed by atoms with van der Waals surface area (Å²) >= 11 is 5.93. The molecule has 1 aliphatic rings. The molecule has 27 heavy (non-hydrogen) atoms. The maximum atomic E-state index is 12.3. The average molecular weight is 389 g/mol. The van der Waals surface area contributed by atoms with Gasteiger partial charge in [0, 0.05) is 10.6 Å². The molecule has 2 aromatic carbocycles. The number of hydrazone groups is 1. The molecule has 0 unspecified atom stereocenters. The highest BCUT2D eigenvalue weighted by molar-refractivity contribution is 6.30. The molecule has 0 aliphatic carbocycles. The van der Waals surface area contributed by atoms with Crippen LogP contribution in [0.5, 0.6) is 17.2 Å². The first kappa shape index (κ1) is 19.0. The smallest absolute Gasteiger partial charge is 0.280 e. The molecule has 0 fully saturated rings. The Hall–Kier alpha value is -2.73. The zero-order valence-corrected chi connectivity index (χ0v) is 16.2. The number of hydrogen-bond donors (Lipinski definition) is 1. The molecule has 0 bridgehead atoms. The molecular formula is C20H21ClN2O4. The van der Waals surface area contributed by atoms with Crippen molar-refractivity contribution in [3.63, 3.8) is 0 Å². The Morgan fingerprint density at radius 3 is 2.67 bits per heavy atom. The maximum absolute atomic E-state index is 12.3. The van der Waals surface area contributed by atoms with Gasteiger partial charge in [-0.05, 0) is 62.7 Å². The number of ether oxygens (including phenoxy) is 3. The first-order chi connectivity index (χ1) is 12.9. The van der Waals surface area contributed by atoms with Crippen molar-refractivity contribution in [2.45, 2.75) is 26.9 Å². The van der Waals surface area contributed by atoms with Gasteiger partial charge < -0.3 is 14.2 Å². The maximum Gasteiger partial charge on any atom is 0.280 e. The Morgan fingerprint density at radius 1 is 1.19 bits per heavy atom. The fourth-order valence-electron chi connectivity index (χ4n) is 2.55. The molecule has 142 valence electrons. The molecule has 1 atom stereocenters. The summed E-state index contributed by atoms with van der Waals surface area (Å²) in [6, 6.07) is 10.8. The standard InChI is InChI=1S/C20H21ClN2O4/c1-12-10-16(21)5-7-17(12)27-14(3)20(24)23-22-13(2)15-4-6-18-19(11-15)26-9-8-25-18/h4-7,10-11,14H,8-9H2,1-3H3,(H,23,24)/t14-/m1/s1. The zero-order chi connectivity index (χ0) is 19.4. The summed E-state index contributed by atoms with van der Waals surface area (Å²) in [6.45, 7) is 6.40. The fraction of sp³-hybridized carbons (Fsp3) is 0.300. The summed E-state index contributed by atoms with van der Waals surface area (Å²) in [6.07, 6.45) is -0.707. The van der Waals surface area contributed by atoms with Crippen molar-refractivity contribution in [2.75, 3.05) is 13.2 Å². The lowest BCUT2D eigenvalue weighted by Crippen LogP contribution is -2.34. The van der Waals surface area contributed by atoms with E-state index in [0.717, 1.165) is 11.1 Å². The number of fused-ring (bicyclic) bond motifs is 1. The van der Waals surface area contributed by atoms with Crippen LogP contribution >= 0.6 is 11.6 Å². The predicted molar refractivity (Wildman–Crippen MR) is 104 cm³/mol. The molecule has 1 N–H and O–H groups in total. The lowest BCUT2D eigenvalue weighted by Gasteiger charge is -2.19. The van der Waals surface area contributed by atoms with Crippen LogP contribution in [0.1, 0.15) is 25.0 Å². The number of nitrogens with one attached hydrogen (secondary N) is 1. The van der Waals surface area contributed by atoms with Gasteiger partial charge in [-0.2, -0.15) is 5.10 Å². The van der Waals surface area contributed by atoms with Crippen LogP contribution in [-0.2, 0) is 4.79 Å². The predicted octanol–water partition coefficient (Wildman–Crippen LogP) is 3.73. The van der Waals surface area contributed by atoms with Crippen molar-refractivity contribution < 1.29 is 19.0 Å². The fourth-order valence-corrected chi connectivity index (χ4v) is 2.78. The van der Waals surface area contributed by atoms with E-state index in [2.05, 4.69) is 10.5 Å². The van der Waals surface area contributed by atoms with E-state index in [0.29, 0.717) is 41.2 Å². The Balaban J connectivity index is 1.63. The summed E-state index contributed by atoms with van der Waals surface area (Å²) in [4.78, 5) is 12.3. The number of benzene rings is 2. The minimum atomic E-state index is -0.707. The number of aryl methyl sites for hydroxylation is 1. The number of halogens is 1. The van der Waals surface area contributed by atoms with Crippen molar-refractivity contribution in [2.24, 2.45) is 5.10 Å². The van der Waals surface area contributed by atoms with E-state index in [9.17, 15) is 4.79 Å². The van der Waals surface area contributed by atoms with Crippen molar-refractivity contribution in [3.05, 3.63) is 52.5 Å². The van der Waals surface area contributed by atoms with Gasteiger partial charge in [-0.1, -0.05) is 11.6 Å². The van der Waals surface area contributed by atoms with Crippen LogP contribution in [0.15, 0.2) is 41.5 Å². The molecule has 0 saturated carbocycles. The number of amides is 1. The topological polar surface area (TPSA) is 69.2 Å². The van der Waals surface area contributed by atoms with E-state index in [-0.39, 0.29) is 5.91 Å². The third-order valence-corrected chi connectivity index (χ3v) is 4.34. The second kappa shape index (κ2) is 8.31. The van der Waals surface area contributed by atoms with Crippen LogP contribution in [0.3, 0.4) is 0 Å². The van der Waals surface area contributed by atoms with Gasteiger partial charge in [-0.3, -0.25) is 4.79 Å². The van der Waals surface area contributed by atoms with Crippen LogP contribution in [-0.4, -0.2) is 30.9 Å². The lowest BCUT2D eigenvalue weighted by molar-refractivity contribution is -0.127. The van der Waals surface area contributed by atoms with Crippen LogP contribution < -0.4 is 19.6 Å². The number of nitrogens with zero attached hydrogens (tertiary/aromatic N) is 1. The van der Waals surface area contributed by atoms with Crippen LogP contribution in [0.25, 0.3) is 0 Å².